The summed E-state index contributed by atoms with van der Waals surface area (Å²) in [6.45, 7) is 8.13. The molecule has 29 heavy (non-hydrogen) atoms. The van der Waals surface area contributed by atoms with Crippen molar-refractivity contribution in [3.05, 3.63) is 47.0 Å². The maximum atomic E-state index is 5.88. The number of fused-ring (bicyclic) bond motifs is 2. The molecule has 0 saturated carbocycles. The Balaban J connectivity index is 2.01. The van der Waals surface area contributed by atoms with Crippen LogP contribution in [0.25, 0.3) is 11.1 Å². The van der Waals surface area contributed by atoms with E-state index >= 15 is 0 Å². The van der Waals surface area contributed by atoms with Gasteiger partial charge in [0.2, 0.25) is 0 Å². The molecule has 5 nitrogen and oxygen atoms in total. The van der Waals surface area contributed by atoms with E-state index in [-0.39, 0.29) is 6.04 Å². The van der Waals surface area contributed by atoms with E-state index in [1.807, 2.05) is 0 Å². The summed E-state index contributed by atoms with van der Waals surface area (Å²) < 4.78 is 22.8. The van der Waals surface area contributed by atoms with Crippen molar-refractivity contribution in [2.45, 2.75) is 25.8 Å². The Morgan fingerprint density at radius 2 is 1.62 bits per heavy atom. The summed E-state index contributed by atoms with van der Waals surface area (Å²) >= 11 is 0. The quantitative estimate of drug-likeness (QED) is 0.677. The van der Waals surface area contributed by atoms with Crippen LogP contribution in [0.4, 0.5) is 0 Å². The molecular formula is C24H29NO4. The fourth-order valence-electron chi connectivity index (χ4n) is 4.82. The van der Waals surface area contributed by atoms with Crippen LogP contribution in [0.1, 0.15) is 29.7 Å². The Kier molecular flexibility index (Phi) is 5.17. The van der Waals surface area contributed by atoms with Gasteiger partial charge in [0, 0.05) is 24.7 Å². The molecule has 1 aliphatic heterocycles. The second-order valence-electron chi connectivity index (χ2n) is 7.82. The van der Waals surface area contributed by atoms with Crippen molar-refractivity contribution in [2.24, 2.45) is 0 Å². The van der Waals surface area contributed by atoms with Gasteiger partial charge in [-0.1, -0.05) is 12.2 Å². The first-order valence-corrected chi connectivity index (χ1v) is 9.93. The normalized spacial score (nSPS) is 17.2. The van der Waals surface area contributed by atoms with E-state index in [1.54, 1.807) is 28.4 Å². The summed E-state index contributed by atoms with van der Waals surface area (Å²) in [7, 11) is 6.75. The number of hydrogen-bond acceptors (Lipinski definition) is 5. The predicted molar refractivity (Wildman–Crippen MR) is 115 cm³/mol. The van der Waals surface area contributed by atoms with Crippen molar-refractivity contribution in [3.63, 3.8) is 0 Å². The number of hydrogen-bond donors (Lipinski definition) is 0. The summed E-state index contributed by atoms with van der Waals surface area (Å²) in [5.41, 5.74) is 7.32. The minimum absolute atomic E-state index is 0.274. The Morgan fingerprint density at radius 3 is 2.24 bits per heavy atom. The molecule has 0 N–H and O–H groups in total. The molecule has 0 amide bonds. The first-order valence-electron chi connectivity index (χ1n) is 9.93. The number of methoxy groups -OCH3 is 4. The lowest BCUT2D eigenvalue weighted by atomic mass is 9.76. The summed E-state index contributed by atoms with van der Waals surface area (Å²) in [6.07, 6.45) is 1.90. The average Bonchev–Trinajstić information content (AvgIpc) is 2.73. The maximum absolute atomic E-state index is 5.88. The molecule has 0 saturated heterocycles. The van der Waals surface area contributed by atoms with Gasteiger partial charge < -0.3 is 18.9 Å². The number of ether oxygens (including phenoxy) is 4. The minimum atomic E-state index is 0.274. The summed E-state index contributed by atoms with van der Waals surface area (Å²) in [6, 6.07) is 6.59. The van der Waals surface area contributed by atoms with Gasteiger partial charge in [-0.25, -0.2) is 0 Å². The van der Waals surface area contributed by atoms with Gasteiger partial charge in [0.15, 0.2) is 23.0 Å². The van der Waals surface area contributed by atoms with Crippen LogP contribution in [0.3, 0.4) is 0 Å². The van der Waals surface area contributed by atoms with Crippen LogP contribution in [-0.4, -0.2) is 46.4 Å². The smallest absolute Gasteiger partial charge is 0.168 e. The molecule has 1 aliphatic carbocycles. The van der Waals surface area contributed by atoms with Crippen LogP contribution in [0.2, 0.25) is 0 Å². The van der Waals surface area contributed by atoms with Gasteiger partial charge >= 0.3 is 0 Å². The Hall–Kier alpha value is -2.66. The molecule has 0 spiro atoms. The molecule has 0 radical (unpaired) electrons. The van der Waals surface area contributed by atoms with Crippen molar-refractivity contribution in [1.29, 1.82) is 0 Å². The molecule has 2 aromatic carbocycles. The molecule has 154 valence electrons. The molecule has 0 bridgehead atoms. The number of rotatable bonds is 6. The lowest BCUT2D eigenvalue weighted by molar-refractivity contribution is 0.198. The monoisotopic (exact) mass is 395 g/mol. The standard InChI is InChI=1S/C24H29NO4/c1-14(2)13-25-8-7-15-10-21(28-5)24(29-6)23-17-12-20(27-4)19(26-3)11-16(17)9-18(25)22(15)23/h10-12,18H,1,7-9,13H2,2-6H3. The van der Waals surface area contributed by atoms with Gasteiger partial charge in [-0.05, 0) is 60.2 Å². The van der Waals surface area contributed by atoms with Gasteiger partial charge in [-0.2, -0.15) is 0 Å². The molecule has 0 fully saturated rings. The van der Waals surface area contributed by atoms with E-state index in [1.165, 1.54) is 22.3 Å². The molecule has 1 unspecified atom stereocenters. The highest BCUT2D eigenvalue weighted by Gasteiger charge is 2.38. The Morgan fingerprint density at radius 1 is 0.966 bits per heavy atom. The van der Waals surface area contributed by atoms with Gasteiger partial charge in [-0.15, -0.1) is 0 Å². The SMILES string of the molecule is C=C(C)CN1CCc2cc(OC)c(OC)c3c2C1Cc1cc(OC)c(OC)cc1-3. The first-order chi connectivity index (χ1) is 14.0. The second kappa shape index (κ2) is 7.64. The van der Waals surface area contributed by atoms with Crippen LogP contribution >= 0.6 is 0 Å². The van der Waals surface area contributed by atoms with Crippen LogP contribution < -0.4 is 18.9 Å². The lowest BCUT2D eigenvalue weighted by Gasteiger charge is -2.42. The topological polar surface area (TPSA) is 40.2 Å². The van der Waals surface area contributed by atoms with Gasteiger partial charge in [-0.3, -0.25) is 4.90 Å². The number of benzene rings is 2. The molecular weight excluding hydrogens is 366 g/mol. The molecule has 0 aromatic heterocycles. The Bertz CT molecular complexity index is 966. The third-order valence-corrected chi connectivity index (χ3v) is 6.00. The van der Waals surface area contributed by atoms with Gasteiger partial charge in [0.25, 0.3) is 0 Å². The molecule has 2 aliphatic rings. The van der Waals surface area contributed by atoms with E-state index in [2.05, 4.69) is 36.6 Å². The van der Waals surface area contributed by atoms with E-state index in [9.17, 15) is 0 Å². The van der Waals surface area contributed by atoms with E-state index in [0.717, 1.165) is 60.1 Å². The fourth-order valence-corrected chi connectivity index (χ4v) is 4.82. The third-order valence-electron chi connectivity index (χ3n) is 6.00. The van der Waals surface area contributed by atoms with E-state index < -0.39 is 0 Å². The van der Waals surface area contributed by atoms with Crippen LogP contribution in [0.5, 0.6) is 23.0 Å². The summed E-state index contributed by atoms with van der Waals surface area (Å²) in [5.74, 6) is 3.02. The van der Waals surface area contributed by atoms with Crippen molar-refractivity contribution >= 4 is 0 Å². The van der Waals surface area contributed by atoms with Crippen LogP contribution in [0.15, 0.2) is 30.4 Å². The zero-order valence-electron chi connectivity index (χ0n) is 17.9. The van der Waals surface area contributed by atoms with Crippen molar-refractivity contribution in [2.75, 3.05) is 41.5 Å². The fraction of sp³-hybridized carbons (Fsp3) is 0.417. The van der Waals surface area contributed by atoms with Crippen molar-refractivity contribution < 1.29 is 18.9 Å². The van der Waals surface area contributed by atoms with E-state index in [4.69, 9.17) is 18.9 Å². The zero-order valence-corrected chi connectivity index (χ0v) is 17.9. The van der Waals surface area contributed by atoms with Gasteiger partial charge in [0.05, 0.1) is 28.4 Å². The highest BCUT2D eigenvalue weighted by molar-refractivity contribution is 5.85. The Labute approximate surface area is 172 Å². The lowest BCUT2D eigenvalue weighted by Crippen LogP contribution is -2.39. The molecule has 1 atom stereocenters. The highest BCUT2D eigenvalue weighted by atomic mass is 16.5. The molecule has 4 rings (SSSR count). The van der Waals surface area contributed by atoms with Crippen molar-refractivity contribution in [1.82, 2.24) is 4.90 Å². The van der Waals surface area contributed by atoms with Crippen LogP contribution in [-0.2, 0) is 12.8 Å². The predicted octanol–water partition coefficient (Wildman–Crippen LogP) is 4.42. The van der Waals surface area contributed by atoms with E-state index in [0.29, 0.717) is 0 Å². The van der Waals surface area contributed by atoms with Gasteiger partial charge in [0.1, 0.15) is 0 Å². The second-order valence-corrected chi connectivity index (χ2v) is 7.82. The molecule has 5 heteroatoms. The maximum Gasteiger partial charge on any atom is 0.168 e. The summed E-state index contributed by atoms with van der Waals surface area (Å²) in [4.78, 5) is 2.53. The summed E-state index contributed by atoms with van der Waals surface area (Å²) in [5, 5.41) is 0. The zero-order chi connectivity index (χ0) is 20.7. The largest absolute Gasteiger partial charge is 0.493 e. The highest BCUT2D eigenvalue weighted by Crippen LogP contribution is 2.54. The van der Waals surface area contributed by atoms with Crippen molar-refractivity contribution in [3.8, 4) is 34.1 Å². The minimum Gasteiger partial charge on any atom is -0.493 e. The third kappa shape index (κ3) is 3.14. The van der Waals surface area contributed by atoms with Crippen LogP contribution in [0, 0.1) is 0 Å². The average molecular weight is 395 g/mol. The number of nitrogens with zero attached hydrogens (tertiary/aromatic N) is 1. The first kappa shape index (κ1) is 19.6. The molecule has 1 heterocycles. The molecule has 2 aromatic rings.